The van der Waals surface area contributed by atoms with Crippen molar-refractivity contribution in [3.63, 3.8) is 0 Å². The first-order valence-corrected chi connectivity index (χ1v) is 7.92. The molecule has 0 N–H and O–H groups in total. The first-order valence-electron chi connectivity index (χ1n) is 7.92. The van der Waals surface area contributed by atoms with Crippen LogP contribution in [0.2, 0.25) is 0 Å². The molecule has 1 saturated heterocycles. The van der Waals surface area contributed by atoms with E-state index in [-0.39, 0.29) is 11.5 Å². The predicted molar refractivity (Wildman–Crippen MR) is 82.8 cm³/mol. The summed E-state index contributed by atoms with van der Waals surface area (Å²) in [5.41, 5.74) is 0.690. The second-order valence-electron chi connectivity index (χ2n) is 6.81. The van der Waals surface area contributed by atoms with Gasteiger partial charge in [0.05, 0.1) is 17.8 Å². The molecule has 0 saturated carbocycles. The SMILES string of the molecule is CCc1nc(C)c(-c2nc([C@@H]3CCOC3)nn2C(C)(C)C)o1. The van der Waals surface area contributed by atoms with Gasteiger partial charge in [0.2, 0.25) is 0 Å². The van der Waals surface area contributed by atoms with Gasteiger partial charge < -0.3 is 9.15 Å². The first kappa shape index (κ1) is 15.2. The summed E-state index contributed by atoms with van der Waals surface area (Å²) in [6.07, 6.45) is 1.75. The van der Waals surface area contributed by atoms with Gasteiger partial charge in [-0.3, -0.25) is 0 Å². The number of hydrogen-bond donors (Lipinski definition) is 0. The van der Waals surface area contributed by atoms with E-state index in [0.29, 0.717) is 6.61 Å². The summed E-state index contributed by atoms with van der Waals surface area (Å²) in [7, 11) is 0. The molecule has 2 aromatic heterocycles. The lowest BCUT2D eigenvalue weighted by Crippen LogP contribution is -2.24. The topological polar surface area (TPSA) is 66.0 Å². The van der Waals surface area contributed by atoms with Crippen molar-refractivity contribution in [2.75, 3.05) is 13.2 Å². The lowest BCUT2D eigenvalue weighted by molar-refractivity contribution is 0.193. The lowest BCUT2D eigenvalue weighted by Gasteiger charge is -2.20. The van der Waals surface area contributed by atoms with Crippen molar-refractivity contribution < 1.29 is 9.15 Å². The maximum atomic E-state index is 5.90. The summed E-state index contributed by atoms with van der Waals surface area (Å²) in [6.45, 7) is 11.8. The lowest BCUT2D eigenvalue weighted by atomic mass is 10.1. The number of rotatable bonds is 3. The van der Waals surface area contributed by atoms with Crippen molar-refractivity contribution >= 4 is 0 Å². The summed E-state index contributed by atoms with van der Waals surface area (Å²) in [4.78, 5) is 9.24. The normalized spacial score (nSPS) is 19.0. The zero-order chi connectivity index (χ0) is 15.9. The molecule has 3 heterocycles. The zero-order valence-corrected chi connectivity index (χ0v) is 14.0. The summed E-state index contributed by atoms with van der Waals surface area (Å²) in [6, 6.07) is 0. The van der Waals surface area contributed by atoms with Gasteiger partial charge in [-0.05, 0) is 34.1 Å². The Morgan fingerprint density at radius 2 is 2.05 bits per heavy atom. The van der Waals surface area contributed by atoms with E-state index < -0.39 is 0 Å². The fraction of sp³-hybridized carbons (Fsp3) is 0.688. The van der Waals surface area contributed by atoms with E-state index >= 15 is 0 Å². The van der Waals surface area contributed by atoms with Gasteiger partial charge in [-0.15, -0.1) is 0 Å². The minimum atomic E-state index is -0.175. The van der Waals surface area contributed by atoms with Crippen LogP contribution in [0.5, 0.6) is 0 Å². The van der Waals surface area contributed by atoms with Crippen LogP contribution in [0.4, 0.5) is 0 Å². The van der Waals surface area contributed by atoms with Crippen molar-refractivity contribution in [3.8, 4) is 11.6 Å². The number of hydrogen-bond acceptors (Lipinski definition) is 5. The van der Waals surface area contributed by atoms with Crippen molar-refractivity contribution in [3.05, 3.63) is 17.4 Å². The summed E-state index contributed by atoms with van der Waals surface area (Å²) < 4.78 is 13.3. The van der Waals surface area contributed by atoms with E-state index in [0.717, 1.165) is 48.4 Å². The van der Waals surface area contributed by atoms with Crippen molar-refractivity contribution in [1.29, 1.82) is 0 Å². The van der Waals surface area contributed by atoms with Crippen LogP contribution in [-0.2, 0) is 16.7 Å². The third-order valence-electron chi connectivity index (χ3n) is 3.90. The van der Waals surface area contributed by atoms with Crippen molar-refractivity contribution in [1.82, 2.24) is 19.7 Å². The summed E-state index contributed by atoms with van der Waals surface area (Å²) in [5.74, 6) is 3.35. The molecule has 0 amide bonds. The van der Waals surface area contributed by atoms with E-state index in [4.69, 9.17) is 19.2 Å². The Morgan fingerprint density at radius 1 is 1.27 bits per heavy atom. The Kier molecular flexibility index (Phi) is 3.80. The van der Waals surface area contributed by atoms with Crippen LogP contribution in [0.3, 0.4) is 0 Å². The van der Waals surface area contributed by atoms with Crippen LogP contribution in [-0.4, -0.2) is 33.0 Å². The Bertz CT molecular complexity index is 660. The highest BCUT2D eigenvalue weighted by atomic mass is 16.5. The van der Waals surface area contributed by atoms with Gasteiger partial charge in [0, 0.05) is 18.9 Å². The highest BCUT2D eigenvalue weighted by molar-refractivity contribution is 5.51. The van der Waals surface area contributed by atoms with Gasteiger partial charge in [-0.2, -0.15) is 5.10 Å². The minimum absolute atomic E-state index is 0.175. The predicted octanol–water partition coefficient (Wildman–Crippen LogP) is 3.06. The Hall–Kier alpha value is -1.69. The molecule has 0 aliphatic carbocycles. The molecule has 0 spiro atoms. The van der Waals surface area contributed by atoms with Gasteiger partial charge in [0.25, 0.3) is 0 Å². The van der Waals surface area contributed by atoms with E-state index in [1.165, 1.54) is 0 Å². The number of ether oxygens (including phenoxy) is 1. The quantitative estimate of drug-likeness (QED) is 0.872. The van der Waals surface area contributed by atoms with Gasteiger partial charge >= 0.3 is 0 Å². The smallest absolute Gasteiger partial charge is 0.197 e. The van der Waals surface area contributed by atoms with Crippen LogP contribution in [0.1, 0.15) is 57.4 Å². The summed E-state index contributed by atoms with van der Waals surface area (Å²) >= 11 is 0. The second-order valence-corrected chi connectivity index (χ2v) is 6.81. The average Bonchev–Trinajstić information content (AvgIpc) is 3.15. The van der Waals surface area contributed by atoms with Gasteiger partial charge in [-0.25, -0.2) is 14.6 Å². The molecule has 22 heavy (non-hydrogen) atoms. The molecule has 1 atom stereocenters. The number of nitrogens with zero attached hydrogens (tertiary/aromatic N) is 4. The molecule has 0 bridgehead atoms. The van der Waals surface area contributed by atoms with Crippen LogP contribution >= 0.6 is 0 Å². The van der Waals surface area contributed by atoms with E-state index in [2.05, 4.69) is 25.8 Å². The van der Waals surface area contributed by atoms with Crippen LogP contribution < -0.4 is 0 Å². The molecule has 0 unspecified atom stereocenters. The molecular formula is C16H24N4O2. The highest BCUT2D eigenvalue weighted by Crippen LogP contribution is 2.31. The second kappa shape index (κ2) is 5.50. The fourth-order valence-corrected chi connectivity index (χ4v) is 2.66. The number of aryl methyl sites for hydroxylation is 2. The van der Waals surface area contributed by atoms with E-state index in [1.807, 2.05) is 18.5 Å². The largest absolute Gasteiger partial charge is 0.437 e. The molecule has 0 aromatic carbocycles. The van der Waals surface area contributed by atoms with Gasteiger partial charge in [0.15, 0.2) is 23.3 Å². The molecule has 3 rings (SSSR count). The van der Waals surface area contributed by atoms with E-state index in [1.54, 1.807) is 0 Å². The van der Waals surface area contributed by atoms with E-state index in [9.17, 15) is 0 Å². The van der Waals surface area contributed by atoms with Gasteiger partial charge in [0.1, 0.15) is 0 Å². The average molecular weight is 304 g/mol. The highest BCUT2D eigenvalue weighted by Gasteiger charge is 2.30. The molecule has 1 fully saturated rings. The number of aromatic nitrogens is 4. The number of oxazole rings is 1. The van der Waals surface area contributed by atoms with Crippen LogP contribution in [0.15, 0.2) is 4.42 Å². The monoisotopic (exact) mass is 304 g/mol. The fourth-order valence-electron chi connectivity index (χ4n) is 2.66. The molecule has 1 aliphatic rings. The molecule has 6 heteroatoms. The van der Waals surface area contributed by atoms with Crippen molar-refractivity contribution in [2.24, 2.45) is 0 Å². The molecular weight excluding hydrogens is 280 g/mol. The van der Waals surface area contributed by atoms with Crippen LogP contribution in [0.25, 0.3) is 11.6 Å². The molecule has 120 valence electrons. The van der Waals surface area contributed by atoms with Gasteiger partial charge in [-0.1, -0.05) is 6.92 Å². The Morgan fingerprint density at radius 3 is 2.59 bits per heavy atom. The molecule has 2 aromatic rings. The van der Waals surface area contributed by atoms with Crippen molar-refractivity contribution in [2.45, 2.75) is 58.9 Å². The zero-order valence-electron chi connectivity index (χ0n) is 14.0. The standard InChI is InChI=1S/C16H24N4O2/c1-6-12-17-10(2)13(22-12)15-18-14(11-7-8-21-9-11)19-20(15)16(3,4)5/h11H,6-9H2,1-5H3/t11-/m1/s1. The van der Waals surface area contributed by atoms with Crippen LogP contribution in [0, 0.1) is 6.92 Å². The minimum Gasteiger partial charge on any atom is -0.437 e. The maximum absolute atomic E-state index is 5.90. The first-order chi connectivity index (χ1) is 10.4. The molecule has 1 aliphatic heterocycles. The summed E-state index contributed by atoms with van der Waals surface area (Å²) in [5, 5.41) is 4.75. The Balaban J connectivity index is 2.09. The molecule has 0 radical (unpaired) electrons. The maximum Gasteiger partial charge on any atom is 0.197 e. The Labute approximate surface area is 130 Å². The third-order valence-corrected chi connectivity index (χ3v) is 3.90. The third kappa shape index (κ3) is 2.67. The molecule has 6 nitrogen and oxygen atoms in total.